The molecule has 4 aliphatic heterocycles. The molecule has 0 spiro atoms. The zero-order chi connectivity index (χ0) is 47.1. The van der Waals surface area contributed by atoms with Crippen molar-refractivity contribution in [2.24, 2.45) is 5.41 Å². The molecule has 5 aromatic rings. The second-order valence-corrected chi connectivity index (χ2v) is 20.0. The highest BCUT2D eigenvalue weighted by Gasteiger charge is 2.44. The Morgan fingerprint density at radius 1 is 1.00 bits per heavy atom. The summed E-state index contributed by atoms with van der Waals surface area (Å²) in [6.07, 6.45) is 3.13. The van der Waals surface area contributed by atoms with E-state index in [-0.39, 0.29) is 48.9 Å². The summed E-state index contributed by atoms with van der Waals surface area (Å²) in [6.45, 7) is 12.3. The van der Waals surface area contributed by atoms with E-state index in [1.165, 1.54) is 17.3 Å². The minimum Gasteiger partial charge on any atom is -0.391 e. The van der Waals surface area contributed by atoms with E-state index in [2.05, 4.69) is 35.2 Å². The summed E-state index contributed by atoms with van der Waals surface area (Å²) in [5, 5.41) is 22.1. The molecule has 7 heterocycles. The van der Waals surface area contributed by atoms with Gasteiger partial charge in [-0.2, -0.15) is 5.10 Å². The molecule has 3 aromatic heterocycles. The summed E-state index contributed by atoms with van der Waals surface area (Å²) < 4.78 is 38.1. The number of alkyl halides is 2. The monoisotopic (exact) mass is 936 g/mol. The van der Waals surface area contributed by atoms with Crippen molar-refractivity contribution in [3.05, 3.63) is 87.9 Å². The SMILES string of the molecule is CC(=O)N1CCc2c(c(N3CCCc4cc(-c5cnc(N[C@H](C(=O)N6C[C@H](O)C[C@H]6C(=O)NCc6ccc(-c7scnc7C)cc6)C(C)(C)C)nc5)c(C(F)F)cc43)nn2C2CCOCC2)C1. The standard InChI is InChI=1S/C49H58F2N10O5S/c1-28-42(67-27-55-28)31-10-8-30(9-11-31)22-52-46(64)41-20-35(63)25-60(41)47(65)43(49(3,4)5)56-48-53-23-33(24-54-48)36-19-32-7-6-15-59(40(32)21-37(36)44(50)51)45-38-26-58(29(2)62)16-12-39(38)61(57-45)34-13-17-66-18-14-34/h8-11,19,21,23-24,27,34-35,41,43-44,63H,6-7,12-18,20,22,25-26H2,1-5H3,(H,52,64)(H,53,54,56)/t35-,41+,43-/m1/s1. The fraction of sp³-hybridized carbons (Fsp3) is 0.490. The van der Waals surface area contributed by atoms with E-state index in [1.807, 2.05) is 68.4 Å². The van der Waals surface area contributed by atoms with E-state index in [0.29, 0.717) is 68.3 Å². The average Bonchev–Trinajstić information content (AvgIpc) is 4.05. The molecule has 0 unspecified atom stereocenters. The number of aliphatic hydroxyl groups is 1. The fourth-order valence-corrected chi connectivity index (χ4v) is 10.7. The van der Waals surface area contributed by atoms with Gasteiger partial charge in [0.15, 0.2) is 5.82 Å². The Labute approximate surface area is 392 Å². The highest BCUT2D eigenvalue weighted by atomic mass is 32.1. The van der Waals surface area contributed by atoms with E-state index in [0.717, 1.165) is 57.8 Å². The number of nitrogens with zero attached hydrogens (tertiary/aromatic N) is 8. The van der Waals surface area contributed by atoms with Crippen molar-refractivity contribution in [1.29, 1.82) is 0 Å². The van der Waals surface area contributed by atoms with Crippen molar-refractivity contribution >= 4 is 46.5 Å². The first-order valence-electron chi connectivity index (χ1n) is 23.1. The van der Waals surface area contributed by atoms with E-state index < -0.39 is 35.9 Å². The number of thiazole rings is 1. The number of nitrogens with one attached hydrogen (secondary N) is 2. The van der Waals surface area contributed by atoms with Gasteiger partial charge >= 0.3 is 0 Å². The zero-order valence-corrected chi connectivity index (χ0v) is 39.4. The molecular formula is C49H58F2N10O5S. The predicted molar refractivity (Wildman–Crippen MR) is 251 cm³/mol. The van der Waals surface area contributed by atoms with Crippen LogP contribution in [0.1, 0.15) is 99.5 Å². The lowest BCUT2D eigenvalue weighted by atomic mass is 9.85. The Morgan fingerprint density at radius 2 is 1.75 bits per heavy atom. The fourth-order valence-electron chi connectivity index (χ4n) is 9.90. The van der Waals surface area contributed by atoms with Crippen molar-refractivity contribution in [3.63, 3.8) is 0 Å². The smallest absolute Gasteiger partial charge is 0.264 e. The number of likely N-dealkylation sites (tertiary alicyclic amines) is 1. The van der Waals surface area contributed by atoms with E-state index in [4.69, 9.17) is 9.84 Å². The molecule has 0 radical (unpaired) electrons. The van der Waals surface area contributed by atoms with E-state index in [1.54, 1.807) is 24.3 Å². The summed E-state index contributed by atoms with van der Waals surface area (Å²) >= 11 is 1.57. The number of hydrogen-bond acceptors (Lipinski definition) is 12. The molecule has 2 aromatic carbocycles. The summed E-state index contributed by atoms with van der Waals surface area (Å²) in [7, 11) is 0. The highest BCUT2D eigenvalue weighted by molar-refractivity contribution is 7.13. The molecule has 2 fully saturated rings. The number of benzene rings is 2. The topological polar surface area (TPSA) is 171 Å². The number of aromatic nitrogens is 5. The average molecular weight is 937 g/mol. The van der Waals surface area contributed by atoms with Crippen LogP contribution in [0, 0.1) is 12.3 Å². The third-order valence-electron chi connectivity index (χ3n) is 13.5. The first-order chi connectivity index (χ1) is 32.1. The number of anilines is 3. The number of aliphatic hydroxyl groups excluding tert-OH is 1. The Hall–Kier alpha value is -5.85. The molecule has 0 saturated carbocycles. The van der Waals surface area contributed by atoms with Crippen LogP contribution in [0.4, 0.5) is 26.2 Å². The molecule has 67 heavy (non-hydrogen) atoms. The lowest BCUT2D eigenvalue weighted by Crippen LogP contribution is -2.54. The zero-order valence-electron chi connectivity index (χ0n) is 38.6. The molecule has 3 amide bonds. The number of hydrogen-bond donors (Lipinski definition) is 3. The Morgan fingerprint density at radius 3 is 2.42 bits per heavy atom. The van der Waals surface area contributed by atoms with Crippen LogP contribution >= 0.6 is 11.3 Å². The molecule has 15 nitrogen and oxygen atoms in total. The third-order valence-corrected chi connectivity index (χ3v) is 14.5. The van der Waals surface area contributed by atoms with Gasteiger partial charge in [0.05, 0.1) is 34.8 Å². The normalized spacial score (nSPS) is 19.3. The summed E-state index contributed by atoms with van der Waals surface area (Å²) in [5.74, 6) is 0.0464. The van der Waals surface area contributed by atoms with Gasteiger partial charge in [-0.3, -0.25) is 19.1 Å². The lowest BCUT2D eigenvalue weighted by molar-refractivity contribution is -0.140. The van der Waals surface area contributed by atoms with Crippen LogP contribution in [-0.4, -0.2) is 108 Å². The molecule has 3 N–H and O–H groups in total. The third kappa shape index (κ3) is 9.52. The van der Waals surface area contributed by atoms with Gasteiger partial charge in [0, 0.05) is 99.6 Å². The van der Waals surface area contributed by atoms with Crippen molar-refractivity contribution in [2.75, 3.05) is 43.1 Å². The van der Waals surface area contributed by atoms with E-state index >= 15 is 8.78 Å². The first kappa shape index (κ1) is 46.3. The predicted octanol–water partition coefficient (Wildman–Crippen LogP) is 7.15. The molecular weight excluding hydrogens is 879 g/mol. The maximum absolute atomic E-state index is 15.2. The first-order valence-corrected chi connectivity index (χ1v) is 24.0. The molecule has 354 valence electrons. The number of amides is 3. The maximum atomic E-state index is 15.2. The second kappa shape index (κ2) is 19.0. The second-order valence-electron chi connectivity index (χ2n) is 19.2. The summed E-state index contributed by atoms with van der Waals surface area (Å²) in [5.41, 5.74) is 8.18. The van der Waals surface area contributed by atoms with Crippen LogP contribution in [-0.2, 0) is 45.1 Å². The number of β-amino-alcohol motifs (C(OH)–C–C–N with tert-alkyl or cyclic N) is 1. The van der Waals surface area contributed by atoms with Crippen LogP contribution in [0.3, 0.4) is 0 Å². The summed E-state index contributed by atoms with van der Waals surface area (Å²) in [6, 6.07) is 9.61. The van der Waals surface area contributed by atoms with Gasteiger partial charge in [0.1, 0.15) is 12.1 Å². The van der Waals surface area contributed by atoms with E-state index in [9.17, 15) is 19.5 Å². The van der Waals surface area contributed by atoms with Crippen LogP contribution in [0.25, 0.3) is 21.6 Å². The number of rotatable bonds is 11. The van der Waals surface area contributed by atoms with Crippen molar-refractivity contribution in [1.82, 2.24) is 39.8 Å². The number of fused-ring (bicyclic) bond motifs is 2. The molecule has 0 aliphatic carbocycles. The highest BCUT2D eigenvalue weighted by Crippen LogP contribution is 2.44. The number of ether oxygens (including phenoxy) is 1. The van der Waals surface area contributed by atoms with Gasteiger partial charge in [-0.05, 0) is 72.4 Å². The minimum absolute atomic E-state index is 0.0138. The quantitative estimate of drug-likeness (QED) is 0.123. The van der Waals surface area contributed by atoms with Crippen LogP contribution < -0.4 is 15.5 Å². The molecule has 3 atom stereocenters. The lowest BCUT2D eigenvalue weighted by Gasteiger charge is -2.35. The number of halogens is 2. The Balaban J connectivity index is 0.928. The largest absolute Gasteiger partial charge is 0.391 e. The molecule has 2 saturated heterocycles. The number of aryl methyl sites for hydroxylation is 2. The van der Waals surface area contributed by atoms with Gasteiger partial charge in [0.2, 0.25) is 23.7 Å². The van der Waals surface area contributed by atoms with Crippen LogP contribution in [0.15, 0.2) is 54.3 Å². The Bertz CT molecular complexity index is 2630. The van der Waals surface area contributed by atoms with Gasteiger partial charge in [-0.1, -0.05) is 45.0 Å². The van der Waals surface area contributed by atoms with Gasteiger partial charge in [0.25, 0.3) is 6.43 Å². The Kier molecular flexibility index (Phi) is 13.1. The molecule has 18 heteroatoms. The van der Waals surface area contributed by atoms with Crippen molar-refractivity contribution in [3.8, 4) is 21.6 Å². The molecule has 9 rings (SSSR count). The van der Waals surface area contributed by atoms with Crippen molar-refractivity contribution in [2.45, 2.75) is 117 Å². The van der Waals surface area contributed by atoms with Gasteiger partial charge in [-0.15, -0.1) is 11.3 Å². The minimum atomic E-state index is -2.81. The van der Waals surface area contributed by atoms with Gasteiger partial charge in [-0.25, -0.2) is 23.7 Å². The van der Waals surface area contributed by atoms with Crippen LogP contribution in [0.2, 0.25) is 0 Å². The van der Waals surface area contributed by atoms with Crippen molar-refractivity contribution < 1.29 is 33.0 Å². The van der Waals surface area contributed by atoms with Gasteiger partial charge < -0.3 is 35.2 Å². The number of carbonyl (C=O) groups excluding carboxylic acids is 3. The molecule has 4 aliphatic rings. The van der Waals surface area contributed by atoms with Crippen LogP contribution in [0.5, 0.6) is 0 Å². The maximum Gasteiger partial charge on any atom is 0.264 e. The molecule has 0 bridgehead atoms. The number of carbonyl (C=O) groups is 3. The summed E-state index contributed by atoms with van der Waals surface area (Å²) in [4.78, 5) is 60.4.